The van der Waals surface area contributed by atoms with E-state index in [0.717, 1.165) is 38.5 Å². The Morgan fingerprint density at radius 1 is 1.11 bits per heavy atom. The summed E-state index contributed by atoms with van der Waals surface area (Å²) in [5.74, 6) is -1.34. The zero-order valence-corrected chi connectivity index (χ0v) is 28.8. The predicted molar refractivity (Wildman–Crippen MR) is 175 cm³/mol. The number of likely N-dealkylation sites (tertiary alicyclic amines) is 1. The fourth-order valence-corrected chi connectivity index (χ4v) is 10.8. The molecule has 4 aliphatic rings. The van der Waals surface area contributed by atoms with Gasteiger partial charge in [0.2, 0.25) is 20.2 Å². The third-order valence-corrected chi connectivity index (χ3v) is 13.1. The smallest absolute Gasteiger partial charge is 0.305 e. The van der Waals surface area contributed by atoms with Gasteiger partial charge in [0.15, 0.2) is 5.60 Å². The number of halogens is 1. The zero-order valence-electron chi connectivity index (χ0n) is 27.8. The predicted octanol–water partition coefficient (Wildman–Crippen LogP) is 4.82. The lowest BCUT2D eigenvalue weighted by Gasteiger charge is -2.32. The number of amides is 3. The first kappa shape index (κ1) is 34.5. The van der Waals surface area contributed by atoms with Crippen LogP contribution in [-0.4, -0.2) is 87.6 Å². The summed E-state index contributed by atoms with van der Waals surface area (Å²) in [7, 11) is -2.15. The third kappa shape index (κ3) is 6.49. The quantitative estimate of drug-likeness (QED) is 0.166. The van der Waals surface area contributed by atoms with Crippen LogP contribution in [0.3, 0.4) is 0 Å². The number of hydrogen-bond donors (Lipinski definition) is 1. The van der Waals surface area contributed by atoms with Gasteiger partial charge in [-0.2, -0.15) is 0 Å². The van der Waals surface area contributed by atoms with Crippen molar-refractivity contribution in [3.63, 3.8) is 0 Å². The van der Waals surface area contributed by atoms with Gasteiger partial charge in [-0.25, -0.2) is 0 Å². The lowest BCUT2D eigenvalue weighted by atomic mass is 9.82. The van der Waals surface area contributed by atoms with Crippen molar-refractivity contribution < 1.29 is 37.9 Å². The number of carbonyl (C=O) groups is 4. The number of aliphatic hydroxyl groups excluding tert-OH is 1. The SMILES string of the molecule is COC(=O)CCCCN1C(=O)[C@]2(O[C@H](CC(=O)N3CCC[C@H]3CO)[C@@H]([Si](C)(C)F)[C@@H]2C)c2cc(N3CCCCCCC3=O)ccc21. The summed E-state index contributed by atoms with van der Waals surface area (Å²) in [5.41, 5.74) is -0.209. The van der Waals surface area contributed by atoms with E-state index in [4.69, 9.17) is 9.47 Å². The molecule has 4 aliphatic heterocycles. The number of carbonyl (C=O) groups excluding carboxylic acids is 4. The second kappa shape index (κ2) is 14.1. The van der Waals surface area contributed by atoms with Crippen molar-refractivity contribution in [2.75, 3.05) is 43.2 Å². The molecule has 0 bridgehead atoms. The highest BCUT2D eigenvalue weighted by atomic mass is 28.4. The van der Waals surface area contributed by atoms with Crippen LogP contribution in [-0.2, 0) is 34.3 Å². The molecule has 3 amide bonds. The van der Waals surface area contributed by atoms with Crippen molar-refractivity contribution in [2.24, 2.45) is 5.92 Å². The van der Waals surface area contributed by atoms with Crippen molar-refractivity contribution in [2.45, 2.75) is 114 Å². The number of rotatable bonds is 10. The first-order valence-electron chi connectivity index (χ1n) is 17.0. The van der Waals surface area contributed by atoms with E-state index in [9.17, 15) is 24.3 Å². The highest BCUT2D eigenvalue weighted by Crippen LogP contribution is 2.60. The van der Waals surface area contributed by atoms with E-state index in [1.54, 1.807) is 27.8 Å². The Hall–Kier alpha value is -2.83. The summed E-state index contributed by atoms with van der Waals surface area (Å²) in [6.45, 7) is 6.41. The fourth-order valence-electron chi connectivity index (χ4n) is 8.34. The van der Waals surface area contributed by atoms with Crippen LogP contribution in [0.2, 0.25) is 18.6 Å². The number of aliphatic hydroxyl groups is 1. The lowest BCUT2D eigenvalue weighted by Crippen LogP contribution is -2.45. The molecule has 0 aromatic heterocycles. The molecule has 5 atom stereocenters. The lowest BCUT2D eigenvalue weighted by molar-refractivity contribution is -0.150. The third-order valence-electron chi connectivity index (χ3n) is 10.6. The Bertz CT molecular complexity index is 1320. The zero-order chi connectivity index (χ0) is 33.2. The van der Waals surface area contributed by atoms with Gasteiger partial charge in [0.05, 0.1) is 38.0 Å². The average molecular weight is 660 g/mol. The molecule has 5 rings (SSSR count). The van der Waals surface area contributed by atoms with Crippen molar-refractivity contribution in [3.8, 4) is 0 Å². The standard InChI is InChI=1S/C34H50FN3O7Si/c1-23-32(46(3,4)35)28(21-30(41)37-19-11-12-25(37)22-39)45-34(23)26-20-24(36-17-9-6-5-7-13-29(36)40)15-16-27(26)38(33(34)43)18-10-8-14-31(42)44-2/h15-16,20,23,25,28,32,39H,5-14,17-19,21-22H2,1-4H3/t23-,25-,28+,32-,34+/m0/s1. The van der Waals surface area contributed by atoms with Gasteiger partial charge in [-0.15, -0.1) is 0 Å². The van der Waals surface area contributed by atoms with Gasteiger partial charge < -0.3 is 33.4 Å². The summed E-state index contributed by atoms with van der Waals surface area (Å²) >= 11 is 0. The van der Waals surface area contributed by atoms with Gasteiger partial charge in [-0.05, 0) is 69.8 Å². The molecule has 0 aliphatic carbocycles. The second-order valence-corrected chi connectivity index (χ2v) is 17.7. The Morgan fingerprint density at radius 2 is 1.87 bits per heavy atom. The van der Waals surface area contributed by atoms with Crippen LogP contribution in [0, 0.1) is 5.92 Å². The second-order valence-electron chi connectivity index (χ2n) is 13.9. The van der Waals surface area contributed by atoms with Crippen LogP contribution < -0.4 is 9.80 Å². The van der Waals surface area contributed by atoms with Crippen molar-refractivity contribution >= 4 is 43.5 Å². The van der Waals surface area contributed by atoms with Gasteiger partial charge in [0.25, 0.3) is 5.91 Å². The van der Waals surface area contributed by atoms with Crippen LogP contribution in [0.1, 0.15) is 83.1 Å². The van der Waals surface area contributed by atoms with Gasteiger partial charge in [-0.3, -0.25) is 19.2 Å². The Morgan fingerprint density at radius 3 is 2.59 bits per heavy atom. The number of anilines is 2. The number of nitrogens with zero attached hydrogens (tertiary/aromatic N) is 3. The Kier molecular flexibility index (Phi) is 10.6. The van der Waals surface area contributed by atoms with Gasteiger partial charge in [0.1, 0.15) is 0 Å². The molecule has 1 N–H and O–H groups in total. The monoisotopic (exact) mass is 659 g/mol. The van der Waals surface area contributed by atoms with Crippen molar-refractivity contribution in [1.29, 1.82) is 0 Å². The minimum Gasteiger partial charge on any atom is -0.469 e. The number of methoxy groups -OCH3 is 1. The molecule has 4 heterocycles. The molecule has 0 radical (unpaired) electrons. The molecule has 46 heavy (non-hydrogen) atoms. The van der Waals surface area contributed by atoms with E-state index >= 15 is 4.11 Å². The first-order valence-corrected chi connectivity index (χ1v) is 20.0. The summed E-state index contributed by atoms with van der Waals surface area (Å²) in [6.07, 6.45) is 6.17. The minimum absolute atomic E-state index is 0.0424. The molecule has 3 saturated heterocycles. The van der Waals surface area contributed by atoms with E-state index in [1.807, 2.05) is 25.1 Å². The Balaban J connectivity index is 1.53. The number of benzene rings is 1. The summed E-state index contributed by atoms with van der Waals surface area (Å²) in [6, 6.07) is 5.36. The van der Waals surface area contributed by atoms with Crippen LogP contribution in [0.25, 0.3) is 0 Å². The van der Waals surface area contributed by atoms with Crippen molar-refractivity contribution in [1.82, 2.24) is 4.90 Å². The molecular weight excluding hydrogens is 609 g/mol. The molecule has 1 aromatic rings. The number of hydrogen-bond acceptors (Lipinski definition) is 7. The highest BCUT2D eigenvalue weighted by Gasteiger charge is 2.67. The number of ether oxygens (including phenoxy) is 2. The summed E-state index contributed by atoms with van der Waals surface area (Å²) in [5, 5.41) is 9.85. The van der Waals surface area contributed by atoms with Crippen LogP contribution in [0.15, 0.2) is 18.2 Å². The van der Waals surface area contributed by atoms with Crippen LogP contribution >= 0.6 is 0 Å². The van der Waals surface area contributed by atoms with Crippen LogP contribution in [0.4, 0.5) is 15.5 Å². The minimum atomic E-state index is -3.50. The van der Waals surface area contributed by atoms with Gasteiger partial charge in [-0.1, -0.05) is 19.8 Å². The number of unbranched alkanes of at least 4 members (excludes halogenated alkanes) is 1. The molecule has 3 fully saturated rings. The normalized spacial score (nSPS) is 28.5. The molecular formula is C34H50FN3O7Si. The molecule has 1 aromatic carbocycles. The van der Waals surface area contributed by atoms with E-state index in [2.05, 4.69) is 0 Å². The largest absolute Gasteiger partial charge is 0.469 e. The van der Waals surface area contributed by atoms with Gasteiger partial charge >= 0.3 is 5.97 Å². The van der Waals surface area contributed by atoms with E-state index in [1.165, 1.54) is 7.11 Å². The molecule has 0 unspecified atom stereocenters. The first-order chi connectivity index (χ1) is 21.9. The maximum absolute atomic E-state index is 16.3. The summed E-state index contributed by atoms with van der Waals surface area (Å²) in [4.78, 5) is 58.4. The summed E-state index contributed by atoms with van der Waals surface area (Å²) < 4.78 is 27.9. The van der Waals surface area contributed by atoms with Gasteiger partial charge in [0, 0.05) is 55.2 Å². The average Bonchev–Trinajstić information content (AvgIpc) is 3.67. The van der Waals surface area contributed by atoms with Crippen molar-refractivity contribution in [3.05, 3.63) is 23.8 Å². The highest BCUT2D eigenvalue weighted by molar-refractivity contribution is 6.72. The van der Waals surface area contributed by atoms with E-state index in [0.29, 0.717) is 55.8 Å². The van der Waals surface area contributed by atoms with Crippen LogP contribution in [0.5, 0.6) is 0 Å². The maximum Gasteiger partial charge on any atom is 0.305 e. The number of esters is 1. The topological polar surface area (TPSA) is 117 Å². The Labute approximate surface area is 272 Å². The molecule has 12 heteroatoms. The maximum atomic E-state index is 16.3. The van der Waals surface area contributed by atoms with E-state index in [-0.39, 0.29) is 49.2 Å². The fraction of sp³-hybridized carbons (Fsp3) is 0.706. The van der Waals surface area contributed by atoms with E-state index < -0.39 is 31.6 Å². The molecule has 1 spiro atoms. The molecule has 0 saturated carbocycles. The molecule has 10 nitrogen and oxygen atoms in total. The molecule has 254 valence electrons. The number of fused-ring (bicyclic) bond motifs is 2.